The summed E-state index contributed by atoms with van der Waals surface area (Å²) in [5.74, 6) is 0.00851. The van der Waals surface area contributed by atoms with Gasteiger partial charge < -0.3 is 14.8 Å². The van der Waals surface area contributed by atoms with Gasteiger partial charge in [0.05, 0.1) is 5.56 Å². The number of benzene rings is 1. The number of nitrogens with one attached hydrogen (secondary N) is 1. The normalized spacial score (nSPS) is 12.5. The first-order valence-corrected chi connectivity index (χ1v) is 8.51. The highest BCUT2D eigenvalue weighted by Gasteiger charge is 2.18. The predicted octanol–water partition coefficient (Wildman–Crippen LogP) is 3.47. The number of carbonyl (C=O) groups is 1. The quantitative estimate of drug-likeness (QED) is 0.882. The van der Waals surface area contributed by atoms with Gasteiger partial charge >= 0.3 is 0 Å². The first-order valence-electron chi connectivity index (χ1n) is 8.51. The summed E-state index contributed by atoms with van der Waals surface area (Å²) in [6.07, 6.45) is 0.940. The minimum Gasteiger partial charge on any atom is -0.349 e. The molecule has 0 aliphatic heterocycles. The summed E-state index contributed by atoms with van der Waals surface area (Å²) in [5.41, 5.74) is 5.15. The molecule has 2 rings (SSSR count). The van der Waals surface area contributed by atoms with Gasteiger partial charge in [0.2, 0.25) is 0 Å². The number of hydrogen-bond acceptors (Lipinski definition) is 2. The predicted molar refractivity (Wildman–Crippen MR) is 100 cm³/mol. The summed E-state index contributed by atoms with van der Waals surface area (Å²) < 4.78 is 2.16. The van der Waals surface area contributed by atoms with E-state index < -0.39 is 0 Å². The Kier molecular flexibility index (Phi) is 5.84. The van der Waals surface area contributed by atoms with Gasteiger partial charge in [0, 0.05) is 23.1 Å². The molecule has 0 fully saturated rings. The highest BCUT2D eigenvalue weighted by atomic mass is 16.1. The van der Waals surface area contributed by atoms with Crippen LogP contribution >= 0.6 is 0 Å². The molecule has 130 valence electrons. The van der Waals surface area contributed by atoms with Crippen molar-refractivity contribution in [2.45, 2.75) is 40.2 Å². The molecule has 0 saturated carbocycles. The van der Waals surface area contributed by atoms with Gasteiger partial charge in [-0.25, -0.2) is 0 Å². The molecule has 1 amide bonds. The fraction of sp³-hybridized carbons (Fsp3) is 0.450. The van der Waals surface area contributed by atoms with Gasteiger partial charge in [0.15, 0.2) is 0 Å². The summed E-state index contributed by atoms with van der Waals surface area (Å²) in [6.45, 7) is 9.17. The summed E-state index contributed by atoms with van der Waals surface area (Å²) in [6, 6.07) is 10.4. The van der Waals surface area contributed by atoms with Crippen molar-refractivity contribution in [3.05, 3.63) is 52.8 Å². The third-order valence-electron chi connectivity index (χ3n) is 4.42. The molecule has 0 spiro atoms. The lowest BCUT2D eigenvalue weighted by atomic mass is 10.1. The molecule has 0 bridgehead atoms. The average molecular weight is 327 g/mol. The Hall–Kier alpha value is -2.07. The van der Waals surface area contributed by atoms with E-state index in [0.717, 1.165) is 35.6 Å². The van der Waals surface area contributed by atoms with Crippen molar-refractivity contribution in [2.24, 2.45) is 0 Å². The number of aryl methyl sites for hydroxylation is 2. The Labute approximate surface area is 145 Å². The molecule has 0 radical (unpaired) electrons. The van der Waals surface area contributed by atoms with E-state index in [-0.39, 0.29) is 11.9 Å². The van der Waals surface area contributed by atoms with Crippen molar-refractivity contribution in [1.82, 2.24) is 14.8 Å². The van der Waals surface area contributed by atoms with Crippen LogP contribution in [0.4, 0.5) is 0 Å². The van der Waals surface area contributed by atoms with Gasteiger partial charge in [-0.05, 0) is 72.5 Å². The zero-order valence-electron chi connectivity index (χ0n) is 15.7. The minimum absolute atomic E-state index is 0.00851. The molecule has 2 aromatic rings. The number of amides is 1. The Balaban J connectivity index is 2.22. The fourth-order valence-electron chi connectivity index (χ4n) is 3.00. The monoisotopic (exact) mass is 327 g/mol. The van der Waals surface area contributed by atoms with Crippen LogP contribution in [0, 0.1) is 20.8 Å². The summed E-state index contributed by atoms with van der Waals surface area (Å²) in [5, 5.41) is 3.12. The molecule has 1 atom stereocenters. The van der Waals surface area contributed by atoms with E-state index in [2.05, 4.69) is 40.8 Å². The van der Waals surface area contributed by atoms with Gasteiger partial charge in [-0.1, -0.05) is 18.2 Å². The third kappa shape index (κ3) is 4.06. The van der Waals surface area contributed by atoms with Crippen LogP contribution in [0.25, 0.3) is 5.69 Å². The molecule has 4 nitrogen and oxygen atoms in total. The van der Waals surface area contributed by atoms with Crippen LogP contribution in [-0.2, 0) is 0 Å². The molecule has 1 unspecified atom stereocenters. The zero-order valence-corrected chi connectivity index (χ0v) is 15.7. The molecular formula is C20H29N3O. The fourth-order valence-corrected chi connectivity index (χ4v) is 3.00. The molecule has 1 heterocycles. The second-order valence-electron chi connectivity index (χ2n) is 6.87. The first kappa shape index (κ1) is 18.3. The van der Waals surface area contributed by atoms with Gasteiger partial charge in [-0.3, -0.25) is 4.79 Å². The van der Waals surface area contributed by atoms with Crippen LogP contribution in [0.1, 0.15) is 40.7 Å². The van der Waals surface area contributed by atoms with Crippen molar-refractivity contribution in [3.63, 3.8) is 0 Å². The molecule has 1 aromatic carbocycles. The smallest absolute Gasteiger partial charge is 0.253 e. The molecule has 1 aromatic heterocycles. The second kappa shape index (κ2) is 7.67. The van der Waals surface area contributed by atoms with Gasteiger partial charge in [-0.15, -0.1) is 0 Å². The number of hydrogen-bond donors (Lipinski definition) is 1. The van der Waals surface area contributed by atoms with Crippen LogP contribution in [-0.4, -0.2) is 42.1 Å². The third-order valence-corrected chi connectivity index (χ3v) is 4.42. The van der Waals surface area contributed by atoms with E-state index in [1.807, 2.05) is 46.1 Å². The number of aromatic nitrogens is 1. The number of para-hydroxylation sites is 1. The largest absolute Gasteiger partial charge is 0.349 e. The average Bonchev–Trinajstić information content (AvgIpc) is 2.81. The van der Waals surface area contributed by atoms with E-state index in [4.69, 9.17) is 0 Å². The van der Waals surface area contributed by atoms with Crippen molar-refractivity contribution < 1.29 is 4.79 Å². The Morgan fingerprint density at radius 3 is 2.50 bits per heavy atom. The van der Waals surface area contributed by atoms with Crippen molar-refractivity contribution in [3.8, 4) is 5.69 Å². The lowest BCUT2D eigenvalue weighted by Crippen LogP contribution is -2.35. The molecule has 0 saturated heterocycles. The van der Waals surface area contributed by atoms with E-state index in [9.17, 15) is 4.79 Å². The highest BCUT2D eigenvalue weighted by molar-refractivity contribution is 5.96. The van der Waals surface area contributed by atoms with Crippen molar-refractivity contribution in [1.29, 1.82) is 0 Å². The van der Waals surface area contributed by atoms with Crippen LogP contribution < -0.4 is 5.32 Å². The topological polar surface area (TPSA) is 37.3 Å². The van der Waals surface area contributed by atoms with Crippen molar-refractivity contribution >= 4 is 5.91 Å². The van der Waals surface area contributed by atoms with Crippen LogP contribution in [0.5, 0.6) is 0 Å². The molecule has 0 aliphatic rings. The van der Waals surface area contributed by atoms with Crippen molar-refractivity contribution in [2.75, 3.05) is 20.6 Å². The van der Waals surface area contributed by atoms with E-state index >= 15 is 0 Å². The Bertz CT molecular complexity index is 716. The summed E-state index contributed by atoms with van der Waals surface area (Å²) >= 11 is 0. The molecular weight excluding hydrogens is 298 g/mol. The lowest BCUT2D eigenvalue weighted by Gasteiger charge is -2.17. The van der Waals surface area contributed by atoms with E-state index in [1.54, 1.807) is 0 Å². The maximum absolute atomic E-state index is 12.7. The lowest BCUT2D eigenvalue weighted by molar-refractivity contribution is 0.0936. The Morgan fingerprint density at radius 1 is 1.21 bits per heavy atom. The maximum atomic E-state index is 12.7. The van der Waals surface area contributed by atoms with Crippen LogP contribution in [0.2, 0.25) is 0 Å². The second-order valence-corrected chi connectivity index (χ2v) is 6.87. The molecule has 4 heteroatoms. The zero-order chi connectivity index (χ0) is 17.9. The number of nitrogens with zero attached hydrogens (tertiary/aromatic N) is 2. The summed E-state index contributed by atoms with van der Waals surface area (Å²) in [7, 11) is 4.09. The standard InChI is InChI=1S/C20H29N3O/c1-14-9-7-8-10-19(14)23-16(3)13-18(17(23)4)20(24)21-15(2)11-12-22(5)6/h7-10,13,15H,11-12H2,1-6H3,(H,21,24). The maximum Gasteiger partial charge on any atom is 0.253 e. The summed E-state index contributed by atoms with van der Waals surface area (Å²) in [4.78, 5) is 14.8. The van der Waals surface area contributed by atoms with Gasteiger partial charge in [0.25, 0.3) is 5.91 Å². The first-order chi connectivity index (χ1) is 11.3. The minimum atomic E-state index is 0.00851. The molecule has 1 N–H and O–H groups in total. The molecule has 24 heavy (non-hydrogen) atoms. The van der Waals surface area contributed by atoms with Gasteiger partial charge in [0.1, 0.15) is 0 Å². The highest BCUT2D eigenvalue weighted by Crippen LogP contribution is 2.23. The van der Waals surface area contributed by atoms with E-state index in [1.165, 1.54) is 5.56 Å². The number of rotatable bonds is 6. The SMILES string of the molecule is Cc1ccccc1-n1c(C)cc(C(=O)NC(C)CCN(C)C)c1C. The van der Waals surface area contributed by atoms with Gasteiger partial charge in [-0.2, -0.15) is 0 Å². The number of carbonyl (C=O) groups excluding carboxylic acids is 1. The molecule has 0 aliphatic carbocycles. The van der Waals surface area contributed by atoms with Crippen LogP contribution in [0.15, 0.2) is 30.3 Å². The Morgan fingerprint density at radius 2 is 1.88 bits per heavy atom. The van der Waals surface area contributed by atoms with E-state index in [0.29, 0.717) is 0 Å². The van der Waals surface area contributed by atoms with Crippen LogP contribution in [0.3, 0.4) is 0 Å².